The second kappa shape index (κ2) is 29.0. The molecule has 0 heterocycles. The minimum atomic E-state index is -0.677. The number of rotatable bonds is 29. The molecule has 0 aromatic heterocycles. The predicted octanol–water partition coefficient (Wildman–Crippen LogP) is 10.3. The molecule has 0 spiro atoms. The van der Waals surface area contributed by atoms with E-state index in [2.05, 4.69) is 20.8 Å². The minimum Gasteiger partial charge on any atom is -0.466 e. The summed E-state index contributed by atoms with van der Waals surface area (Å²) in [4.78, 5) is 39.7. The van der Waals surface area contributed by atoms with Crippen molar-refractivity contribution in [2.24, 2.45) is 0 Å². The smallest absolute Gasteiger partial charge is 0.410 e. The van der Waals surface area contributed by atoms with Gasteiger partial charge in [0, 0.05) is 18.8 Å². The van der Waals surface area contributed by atoms with Gasteiger partial charge in [0.05, 0.1) is 19.4 Å². The zero-order valence-corrected chi connectivity index (χ0v) is 30.4. The van der Waals surface area contributed by atoms with Crippen LogP contribution >= 0.6 is 11.8 Å². The second-order valence-electron chi connectivity index (χ2n) is 13.1. The van der Waals surface area contributed by atoms with E-state index in [-0.39, 0.29) is 44.0 Å². The summed E-state index contributed by atoms with van der Waals surface area (Å²) in [6, 6.07) is 0. The topological polar surface area (TPSA) is 82.1 Å². The molecule has 0 aromatic rings. The van der Waals surface area contributed by atoms with E-state index in [0.29, 0.717) is 6.61 Å². The second-order valence-corrected chi connectivity index (χ2v) is 14.3. The van der Waals surface area contributed by atoms with Gasteiger partial charge in [-0.1, -0.05) is 111 Å². The highest BCUT2D eigenvalue weighted by Crippen LogP contribution is 2.18. The minimum absolute atomic E-state index is 0.0696. The summed E-state index contributed by atoms with van der Waals surface area (Å²) >= 11 is 1.87. The molecule has 0 rings (SSSR count). The van der Waals surface area contributed by atoms with Gasteiger partial charge in [0.2, 0.25) is 0 Å². The maximum absolute atomic E-state index is 12.9. The fourth-order valence-electron chi connectivity index (χ4n) is 4.81. The van der Waals surface area contributed by atoms with Gasteiger partial charge in [-0.05, 0) is 52.2 Å². The highest BCUT2D eigenvalue weighted by atomic mass is 32.2. The van der Waals surface area contributed by atoms with Crippen LogP contribution in [0.25, 0.3) is 0 Å². The lowest BCUT2D eigenvalue weighted by Crippen LogP contribution is -2.39. The SMILES string of the molecule is CCCCCCCCCOC(=O)CCN(CCC(=O)OC(CCCCCCCC)CSCCCCCC)C(=O)OC(C)(C)C. The Morgan fingerprint density at radius 3 is 1.73 bits per heavy atom. The third-order valence-corrected chi connectivity index (χ3v) is 8.64. The molecule has 0 aliphatic carbocycles. The molecule has 0 aromatic carbocycles. The molecule has 0 bridgehead atoms. The molecule has 0 radical (unpaired) electrons. The Morgan fingerprint density at radius 2 is 1.16 bits per heavy atom. The summed E-state index contributed by atoms with van der Waals surface area (Å²) in [5, 5.41) is 0. The first-order valence-electron chi connectivity index (χ1n) is 18.0. The molecule has 44 heavy (non-hydrogen) atoms. The van der Waals surface area contributed by atoms with Gasteiger partial charge in [-0.15, -0.1) is 0 Å². The number of esters is 2. The fraction of sp³-hybridized carbons (Fsp3) is 0.917. The summed E-state index contributed by atoms with van der Waals surface area (Å²) in [6.07, 6.45) is 20.6. The van der Waals surface area contributed by atoms with Crippen molar-refractivity contribution in [1.82, 2.24) is 4.90 Å². The van der Waals surface area contributed by atoms with Crippen molar-refractivity contribution in [2.75, 3.05) is 31.2 Å². The molecule has 0 aliphatic heterocycles. The van der Waals surface area contributed by atoms with Crippen molar-refractivity contribution >= 4 is 29.8 Å². The highest BCUT2D eigenvalue weighted by molar-refractivity contribution is 7.99. The summed E-state index contributed by atoms with van der Waals surface area (Å²) < 4.78 is 16.9. The molecular formula is C36H69NO6S. The van der Waals surface area contributed by atoms with Crippen molar-refractivity contribution in [3.05, 3.63) is 0 Å². The number of carbonyl (C=O) groups excluding carboxylic acids is 3. The molecule has 0 saturated carbocycles. The standard InChI is InChI=1S/C36H69NO6S/c1-7-10-13-16-18-20-22-29-41-33(38)25-27-37(35(40)43-36(4,5)6)28-26-34(39)42-32(24-21-19-17-14-11-8-2)31-44-30-23-15-12-9-3/h32H,7-31H2,1-6H3. The Kier molecular flexibility index (Phi) is 28.0. The van der Waals surface area contributed by atoms with E-state index in [1.165, 1.54) is 81.9 Å². The number of carbonyl (C=O) groups is 3. The van der Waals surface area contributed by atoms with Crippen LogP contribution in [-0.2, 0) is 23.8 Å². The largest absolute Gasteiger partial charge is 0.466 e. The summed E-state index contributed by atoms with van der Waals surface area (Å²) in [5.74, 6) is 1.27. The zero-order chi connectivity index (χ0) is 32.9. The average Bonchev–Trinajstić information content (AvgIpc) is 2.96. The van der Waals surface area contributed by atoms with Crippen LogP contribution in [0, 0.1) is 0 Å². The molecule has 1 amide bonds. The Balaban J connectivity index is 4.81. The Labute approximate surface area is 275 Å². The van der Waals surface area contributed by atoms with E-state index in [9.17, 15) is 14.4 Å². The summed E-state index contributed by atoms with van der Waals surface area (Å²) in [6.45, 7) is 12.8. The zero-order valence-electron chi connectivity index (χ0n) is 29.6. The molecular weight excluding hydrogens is 574 g/mol. The van der Waals surface area contributed by atoms with Crippen molar-refractivity contribution in [2.45, 2.75) is 182 Å². The number of amides is 1. The lowest BCUT2D eigenvalue weighted by Gasteiger charge is -2.27. The molecule has 0 fully saturated rings. The van der Waals surface area contributed by atoms with Crippen LogP contribution in [-0.4, -0.2) is 65.8 Å². The highest BCUT2D eigenvalue weighted by Gasteiger charge is 2.24. The van der Waals surface area contributed by atoms with Gasteiger partial charge in [-0.25, -0.2) is 4.79 Å². The van der Waals surface area contributed by atoms with E-state index in [4.69, 9.17) is 14.2 Å². The van der Waals surface area contributed by atoms with Gasteiger partial charge < -0.3 is 19.1 Å². The molecule has 0 aliphatic rings. The molecule has 7 nitrogen and oxygen atoms in total. The molecule has 8 heteroatoms. The van der Waals surface area contributed by atoms with Gasteiger partial charge in [0.25, 0.3) is 0 Å². The number of nitrogens with zero attached hydrogens (tertiary/aromatic N) is 1. The third kappa shape index (κ3) is 28.1. The van der Waals surface area contributed by atoms with Crippen LogP contribution in [0.5, 0.6) is 0 Å². The van der Waals surface area contributed by atoms with Crippen molar-refractivity contribution in [3.8, 4) is 0 Å². The van der Waals surface area contributed by atoms with Gasteiger partial charge in [0.15, 0.2) is 0 Å². The van der Waals surface area contributed by atoms with E-state index in [1.807, 2.05) is 11.8 Å². The van der Waals surface area contributed by atoms with Crippen LogP contribution < -0.4 is 0 Å². The van der Waals surface area contributed by atoms with Crippen LogP contribution in [0.4, 0.5) is 4.79 Å². The van der Waals surface area contributed by atoms with Gasteiger partial charge >= 0.3 is 18.0 Å². The average molecular weight is 644 g/mol. The van der Waals surface area contributed by atoms with Gasteiger partial charge in [-0.2, -0.15) is 11.8 Å². The van der Waals surface area contributed by atoms with Crippen LogP contribution in [0.1, 0.15) is 170 Å². The fourth-order valence-corrected chi connectivity index (χ4v) is 5.88. The first kappa shape index (κ1) is 42.6. The lowest BCUT2D eigenvalue weighted by molar-refractivity contribution is -0.148. The van der Waals surface area contributed by atoms with Crippen LogP contribution in [0.15, 0.2) is 0 Å². The first-order valence-corrected chi connectivity index (χ1v) is 19.2. The molecule has 260 valence electrons. The van der Waals surface area contributed by atoms with E-state index in [1.54, 1.807) is 20.8 Å². The van der Waals surface area contributed by atoms with Crippen molar-refractivity contribution < 1.29 is 28.6 Å². The quantitative estimate of drug-likeness (QED) is 0.0456. The Bertz CT molecular complexity index is 695. The summed E-state index contributed by atoms with van der Waals surface area (Å²) in [5.41, 5.74) is -0.677. The maximum atomic E-state index is 12.9. The number of unbranched alkanes of at least 4 members (excludes halogenated alkanes) is 14. The Hall–Kier alpha value is -1.44. The number of hydrogen-bond donors (Lipinski definition) is 0. The predicted molar refractivity (Wildman–Crippen MR) is 185 cm³/mol. The van der Waals surface area contributed by atoms with Gasteiger partial charge in [-0.3, -0.25) is 9.59 Å². The van der Waals surface area contributed by atoms with Crippen molar-refractivity contribution in [1.29, 1.82) is 0 Å². The monoisotopic (exact) mass is 643 g/mol. The normalized spacial score (nSPS) is 12.1. The third-order valence-electron chi connectivity index (χ3n) is 7.46. The molecule has 1 atom stereocenters. The molecule has 1 unspecified atom stereocenters. The molecule has 0 N–H and O–H groups in total. The van der Waals surface area contributed by atoms with Crippen molar-refractivity contribution in [3.63, 3.8) is 0 Å². The maximum Gasteiger partial charge on any atom is 0.410 e. The first-order chi connectivity index (χ1) is 21.1. The van der Waals surface area contributed by atoms with E-state index in [0.717, 1.165) is 50.0 Å². The number of ether oxygens (including phenoxy) is 3. The molecule has 0 saturated heterocycles. The number of thioether (sulfide) groups is 1. The summed E-state index contributed by atoms with van der Waals surface area (Å²) in [7, 11) is 0. The lowest BCUT2D eigenvalue weighted by atomic mass is 10.1. The van der Waals surface area contributed by atoms with Crippen LogP contribution in [0.3, 0.4) is 0 Å². The number of hydrogen-bond acceptors (Lipinski definition) is 7. The Morgan fingerprint density at radius 1 is 0.659 bits per heavy atom. The van der Waals surface area contributed by atoms with E-state index >= 15 is 0 Å². The van der Waals surface area contributed by atoms with E-state index < -0.39 is 11.7 Å². The van der Waals surface area contributed by atoms with Gasteiger partial charge in [0.1, 0.15) is 11.7 Å². The van der Waals surface area contributed by atoms with Crippen LogP contribution in [0.2, 0.25) is 0 Å².